The highest BCUT2D eigenvalue weighted by Crippen LogP contribution is 2.26. The van der Waals surface area contributed by atoms with Gasteiger partial charge in [-0.3, -0.25) is 0 Å². The largest absolute Gasteiger partial charge is 0.505 e. The third-order valence-electron chi connectivity index (χ3n) is 1.96. The zero-order valence-corrected chi connectivity index (χ0v) is 8.54. The van der Waals surface area contributed by atoms with E-state index >= 15 is 0 Å². The first-order valence-corrected chi connectivity index (χ1v) is 5.44. The minimum Gasteiger partial charge on any atom is -0.505 e. The summed E-state index contributed by atoms with van der Waals surface area (Å²) >= 11 is 1.70. The van der Waals surface area contributed by atoms with Crippen molar-refractivity contribution in [1.82, 2.24) is 0 Å². The van der Waals surface area contributed by atoms with E-state index in [1.54, 1.807) is 17.8 Å². The van der Waals surface area contributed by atoms with Crippen LogP contribution in [0.25, 0.3) is 11.3 Å². The quantitative estimate of drug-likeness (QED) is 0.765. The van der Waals surface area contributed by atoms with Gasteiger partial charge in [0.05, 0.1) is 0 Å². The van der Waals surface area contributed by atoms with Crippen LogP contribution < -0.4 is 0 Å². The van der Waals surface area contributed by atoms with Crippen molar-refractivity contribution in [3.63, 3.8) is 0 Å². The van der Waals surface area contributed by atoms with Gasteiger partial charge in [-0.15, -0.1) is 11.8 Å². The van der Waals surface area contributed by atoms with E-state index in [4.69, 9.17) is 9.52 Å². The Morgan fingerprint density at radius 2 is 1.93 bits per heavy atom. The summed E-state index contributed by atoms with van der Waals surface area (Å²) < 4.78 is 5.17. The Labute approximate surface area is 86.6 Å². The molecule has 1 N–H and O–H groups in total. The molecule has 0 aliphatic heterocycles. The smallest absolute Gasteiger partial charge is 0.154 e. The lowest BCUT2D eigenvalue weighted by Crippen LogP contribution is -1.73. The van der Waals surface area contributed by atoms with Crippen LogP contribution in [0.3, 0.4) is 0 Å². The maximum atomic E-state index is 9.12. The second kappa shape index (κ2) is 3.80. The Morgan fingerprint density at radius 1 is 1.21 bits per heavy atom. The van der Waals surface area contributed by atoms with Crippen LogP contribution in [0.4, 0.5) is 0 Å². The lowest BCUT2D eigenvalue weighted by Gasteiger charge is -1.98. The minimum absolute atomic E-state index is 0.161. The van der Waals surface area contributed by atoms with Crippen LogP contribution in [0.5, 0.6) is 5.75 Å². The van der Waals surface area contributed by atoms with Crippen molar-refractivity contribution < 1.29 is 9.52 Å². The average Bonchev–Trinajstić information content (AvgIpc) is 2.65. The van der Waals surface area contributed by atoms with Crippen LogP contribution in [0.1, 0.15) is 0 Å². The molecule has 2 aromatic rings. The lowest BCUT2D eigenvalue weighted by atomic mass is 10.2. The highest BCUT2D eigenvalue weighted by molar-refractivity contribution is 7.98. The van der Waals surface area contributed by atoms with Gasteiger partial charge in [0.25, 0.3) is 0 Å². The lowest BCUT2D eigenvalue weighted by molar-refractivity contribution is 0.459. The second-order valence-electron chi connectivity index (χ2n) is 2.90. The maximum Gasteiger partial charge on any atom is 0.154 e. The Balaban J connectivity index is 2.33. The summed E-state index contributed by atoms with van der Waals surface area (Å²) in [6, 6.07) is 9.61. The van der Waals surface area contributed by atoms with Gasteiger partial charge in [0.15, 0.2) is 5.75 Å². The van der Waals surface area contributed by atoms with Gasteiger partial charge in [0.2, 0.25) is 0 Å². The summed E-state index contributed by atoms with van der Waals surface area (Å²) in [4.78, 5) is 1.21. The number of rotatable bonds is 2. The van der Waals surface area contributed by atoms with Crippen molar-refractivity contribution in [3.05, 3.63) is 36.6 Å². The molecule has 1 heterocycles. The first kappa shape index (κ1) is 9.21. The molecule has 2 nitrogen and oxygen atoms in total. The van der Waals surface area contributed by atoms with E-state index < -0.39 is 0 Å². The van der Waals surface area contributed by atoms with E-state index in [1.807, 2.05) is 30.5 Å². The van der Waals surface area contributed by atoms with Crippen LogP contribution >= 0.6 is 11.8 Å². The van der Waals surface area contributed by atoms with Crippen molar-refractivity contribution in [2.24, 2.45) is 0 Å². The molecule has 14 heavy (non-hydrogen) atoms. The summed E-state index contributed by atoms with van der Waals surface area (Å²) in [5.41, 5.74) is 0.975. The van der Waals surface area contributed by atoms with E-state index in [1.165, 1.54) is 11.2 Å². The molecule has 0 saturated heterocycles. The number of thioether (sulfide) groups is 1. The summed E-state index contributed by atoms with van der Waals surface area (Å²) in [5.74, 6) is 0.851. The summed E-state index contributed by atoms with van der Waals surface area (Å²) in [5, 5.41) is 9.12. The molecule has 0 amide bonds. The molecule has 2 rings (SSSR count). The van der Waals surface area contributed by atoms with Gasteiger partial charge in [-0.05, 0) is 18.4 Å². The molecule has 0 saturated carbocycles. The molecule has 1 aromatic heterocycles. The van der Waals surface area contributed by atoms with E-state index in [0.29, 0.717) is 5.76 Å². The standard InChI is InChI=1S/C11H10O2S/c1-14-10-4-2-8(3-5-10)11-6-9(12)7-13-11/h2-7,12H,1H3. The van der Waals surface area contributed by atoms with Crippen molar-refractivity contribution in [2.45, 2.75) is 4.90 Å². The van der Waals surface area contributed by atoms with Crippen LogP contribution in [0.15, 0.2) is 45.9 Å². The van der Waals surface area contributed by atoms with Crippen LogP contribution in [0, 0.1) is 0 Å². The molecule has 0 aliphatic rings. The molecule has 3 heteroatoms. The Morgan fingerprint density at radius 3 is 2.43 bits per heavy atom. The highest BCUT2D eigenvalue weighted by Gasteiger charge is 2.02. The molecular formula is C11H10O2S. The van der Waals surface area contributed by atoms with Crippen molar-refractivity contribution >= 4 is 11.8 Å². The predicted molar refractivity (Wildman–Crippen MR) is 57.6 cm³/mol. The number of furan rings is 1. The molecule has 0 unspecified atom stereocenters. The topological polar surface area (TPSA) is 33.4 Å². The van der Waals surface area contributed by atoms with Gasteiger partial charge in [-0.1, -0.05) is 12.1 Å². The number of benzene rings is 1. The summed E-state index contributed by atoms with van der Waals surface area (Å²) in [7, 11) is 0. The third kappa shape index (κ3) is 1.77. The van der Waals surface area contributed by atoms with E-state index in [-0.39, 0.29) is 5.75 Å². The van der Waals surface area contributed by atoms with Gasteiger partial charge < -0.3 is 9.52 Å². The van der Waals surface area contributed by atoms with E-state index in [2.05, 4.69) is 0 Å². The van der Waals surface area contributed by atoms with Gasteiger partial charge >= 0.3 is 0 Å². The molecule has 72 valence electrons. The fourth-order valence-corrected chi connectivity index (χ4v) is 1.64. The summed E-state index contributed by atoms with van der Waals surface area (Å²) in [6.45, 7) is 0. The predicted octanol–water partition coefficient (Wildman–Crippen LogP) is 3.37. The molecule has 0 aliphatic carbocycles. The molecule has 0 atom stereocenters. The Bertz CT molecular complexity index is 417. The van der Waals surface area contributed by atoms with Gasteiger partial charge in [0.1, 0.15) is 12.0 Å². The first-order chi connectivity index (χ1) is 6.79. The van der Waals surface area contributed by atoms with Gasteiger partial charge in [-0.2, -0.15) is 0 Å². The fourth-order valence-electron chi connectivity index (χ4n) is 1.23. The summed E-state index contributed by atoms with van der Waals surface area (Å²) in [6.07, 6.45) is 3.37. The normalized spacial score (nSPS) is 10.4. The minimum atomic E-state index is 0.161. The molecule has 0 spiro atoms. The van der Waals surface area contributed by atoms with Crippen molar-refractivity contribution in [3.8, 4) is 17.1 Å². The molecule has 0 bridgehead atoms. The average molecular weight is 206 g/mol. The number of hydrogen-bond donors (Lipinski definition) is 1. The fraction of sp³-hybridized carbons (Fsp3) is 0.0909. The van der Waals surface area contributed by atoms with Crippen molar-refractivity contribution in [1.29, 1.82) is 0 Å². The van der Waals surface area contributed by atoms with E-state index in [0.717, 1.165) is 5.56 Å². The third-order valence-corrected chi connectivity index (χ3v) is 2.70. The number of aromatic hydroxyl groups is 1. The zero-order valence-electron chi connectivity index (χ0n) is 7.73. The SMILES string of the molecule is CSc1ccc(-c2cc(O)co2)cc1. The Hall–Kier alpha value is -1.35. The second-order valence-corrected chi connectivity index (χ2v) is 3.78. The molecule has 1 aromatic carbocycles. The van der Waals surface area contributed by atoms with Gasteiger partial charge in [-0.25, -0.2) is 0 Å². The molecule has 0 fully saturated rings. The van der Waals surface area contributed by atoms with E-state index in [9.17, 15) is 0 Å². The number of hydrogen-bond acceptors (Lipinski definition) is 3. The maximum absolute atomic E-state index is 9.12. The zero-order chi connectivity index (χ0) is 9.97. The monoisotopic (exact) mass is 206 g/mol. The molecular weight excluding hydrogens is 196 g/mol. The molecule has 0 radical (unpaired) electrons. The van der Waals surface area contributed by atoms with Gasteiger partial charge in [0, 0.05) is 16.5 Å². The van der Waals surface area contributed by atoms with Crippen LogP contribution in [-0.4, -0.2) is 11.4 Å². The van der Waals surface area contributed by atoms with Crippen LogP contribution in [0.2, 0.25) is 0 Å². The Kier molecular flexibility index (Phi) is 2.50. The van der Waals surface area contributed by atoms with Crippen molar-refractivity contribution in [2.75, 3.05) is 6.26 Å². The van der Waals surface area contributed by atoms with Crippen LogP contribution in [-0.2, 0) is 0 Å². The first-order valence-electron chi connectivity index (χ1n) is 4.21. The highest BCUT2D eigenvalue weighted by atomic mass is 32.2.